The van der Waals surface area contributed by atoms with E-state index >= 15 is 0 Å². The molecule has 2 unspecified atom stereocenters. The van der Waals surface area contributed by atoms with Crippen LogP contribution in [0.3, 0.4) is 0 Å². The first-order chi connectivity index (χ1) is 8.16. The predicted molar refractivity (Wildman–Crippen MR) is 75.2 cm³/mol. The molecule has 0 aromatic rings. The van der Waals surface area contributed by atoms with Crippen LogP contribution in [-0.2, 0) is 4.79 Å². The van der Waals surface area contributed by atoms with Crippen molar-refractivity contribution in [2.45, 2.75) is 18.7 Å². The Morgan fingerprint density at radius 1 is 1.47 bits per heavy atom. The van der Waals surface area contributed by atoms with E-state index in [1.54, 1.807) is 18.7 Å². The molecule has 3 rings (SSSR count). The molecule has 17 heavy (non-hydrogen) atoms. The van der Waals surface area contributed by atoms with Gasteiger partial charge in [-0.15, -0.1) is 11.6 Å². The van der Waals surface area contributed by atoms with Crippen LogP contribution in [0.4, 0.5) is 0 Å². The van der Waals surface area contributed by atoms with Gasteiger partial charge in [-0.2, -0.15) is 16.8 Å². The third kappa shape index (κ3) is 1.98. The first-order valence-corrected chi connectivity index (χ1v) is 7.90. The van der Waals surface area contributed by atoms with E-state index in [0.717, 1.165) is 23.0 Å². The molecule has 0 bridgehead atoms. The van der Waals surface area contributed by atoms with Crippen LogP contribution in [0.15, 0.2) is 20.5 Å². The summed E-state index contributed by atoms with van der Waals surface area (Å²) in [4.78, 5) is 21.8. The minimum Gasteiger partial charge on any atom is -0.271 e. The SMILES string of the molecule is CC(Cl)C1=NC(=O)C2C(=N1)SC1=C2CCSC1. The van der Waals surface area contributed by atoms with E-state index in [2.05, 4.69) is 9.98 Å². The topological polar surface area (TPSA) is 41.8 Å². The molecule has 0 radical (unpaired) electrons. The number of fused-ring (bicyclic) bond motifs is 2. The lowest BCUT2D eigenvalue weighted by molar-refractivity contribution is -0.118. The Kier molecular flexibility index (Phi) is 3.09. The largest absolute Gasteiger partial charge is 0.271 e. The molecule has 0 N–H and O–H groups in total. The van der Waals surface area contributed by atoms with Gasteiger partial charge in [-0.3, -0.25) is 4.79 Å². The van der Waals surface area contributed by atoms with Crippen molar-refractivity contribution in [3.63, 3.8) is 0 Å². The number of amidine groups is 1. The van der Waals surface area contributed by atoms with Gasteiger partial charge in [-0.25, -0.2) is 4.99 Å². The number of hydrogen-bond acceptors (Lipinski definition) is 4. The summed E-state index contributed by atoms with van der Waals surface area (Å²) in [6.07, 6.45) is 0.990. The quantitative estimate of drug-likeness (QED) is 0.696. The predicted octanol–water partition coefficient (Wildman–Crippen LogP) is 2.70. The molecule has 0 fully saturated rings. The van der Waals surface area contributed by atoms with Gasteiger partial charge in [-0.1, -0.05) is 11.8 Å². The van der Waals surface area contributed by atoms with Crippen LogP contribution < -0.4 is 0 Å². The van der Waals surface area contributed by atoms with Gasteiger partial charge in [0, 0.05) is 10.7 Å². The molecular weight excluding hydrogens is 276 g/mol. The highest BCUT2D eigenvalue weighted by Crippen LogP contribution is 2.46. The van der Waals surface area contributed by atoms with E-state index in [-0.39, 0.29) is 17.2 Å². The summed E-state index contributed by atoms with van der Waals surface area (Å²) < 4.78 is 0. The molecule has 1 amide bonds. The van der Waals surface area contributed by atoms with Gasteiger partial charge in [0.05, 0.1) is 10.4 Å². The van der Waals surface area contributed by atoms with Crippen molar-refractivity contribution in [1.82, 2.24) is 0 Å². The van der Waals surface area contributed by atoms with Crippen molar-refractivity contribution < 1.29 is 4.79 Å². The van der Waals surface area contributed by atoms with E-state index in [1.165, 1.54) is 10.5 Å². The molecule has 6 heteroatoms. The van der Waals surface area contributed by atoms with Crippen molar-refractivity contribution in [3.8, 4) is 0 Å². The van der Waals surface area contributed by atoms with Crippen molar-refractivity contribution in [2.24, 2.45) is 15.9 Å². The monoisotopic (exact) mass is 286 g/mol. The average molecular weight is 287 g/mol. The zero-order valence-corrected chi connectivity index (χ0v) is 11.7. The van der Waals surface area contributed by atoms with Gasteiger partial charge in [0.25, 0.3) is 5.91 Å². The number of rotatable bonds is 1. The molecule has 0 saturated carbocycles. The Labute approximate surface area is 113 Å². The molecule has 3 heterocycles. The summed E-state index contributed by atoms with van der Waals surface area (Å²) >= 11 is 9.52. The van der Waals surface area contributed by atoms with E-state index in [4.69, 9.17) is 11.6 Å². The highest BCUT2D eigenvalue weighted by atomic mass is 35.5. The van der Waals surface area contributed by atoms with Crippen LogP contribution in [0.5, 0.6) is 0 Å². The normalized spacial score (nSPS) is 29.5. The number of amides is 1. The summed E-state index contributed by atoms with van der Waals surface area (Å²) in [5.41, 5.74) is 1.25. The van der Waals surface area contributed by atoms with Gasteiger partial charge in [0.1, 0.15) is 5.92 Å². The Hall–Kier alpha value is -0.260. The Morgan fingerprint density at radius 2 is 2.29 bits per heavy atom. The average Bonchev–Trinajstić information content (AvgIpc) is 2.67. The molecule has 0 aromatic carbocycles. The van der Waals surface area contributed by atoms with Crippen LogP contribution in [0.1, 0.15) is 13.3 Å². The van der Waals surface area contributed by atoms with E-state index < -0.39 is 0 Å². The third-order valence-electron chi connectivity index (χ3n) is 2.98. The summed E-state index contributed by atoms with van der Waals surface area (Å²) in [7, 11) is 0. The van der Waals surface area contributed by atoms with Crippen molar-refractivity contribution in [3.05, 3.63) is 10.5 Å². The van der Waals surface area contributed by atoms with Gasteiger partial charge < -0.3 is 0 Å². The highest BCUT2D eigenvalue weighted by molar-refractivity contribution is 8.18. The minimum absolute atomic E-state index is 0.0816. The van der Waals surface area contributed by atoms with E-state index in [0.29, 0.717) is 5.84 Å². The van der Waals surface area contributed by atoms with Crippen LogP contribution in [0.25, 0.3) is 0 Å². The van der Waals surface area contributed by atoms with Gasteiger partial charge >= 0.3 is 0 Å². The molecule has 3 aliphatic heterocycles. The zero-order chi connectivity index (χ0) is 12.0. The van der Waals surface area contributed by atoms with E-state index in [1.807, 2.05) is 11.8 Å². The first-order valence-electron chi connectivity index (χ1n) is 5.49. The second-order valence-corrected chi connectivity index (χ2v) is 7.04. The molecule has 2 atom stereocenters. The molecule has 0 saturated heterocycles. The summed E-state index contributed by atoms with van der Waals surface area (Å²) in [5, 5.41) is 0.583. The van der Waals surface area contributed by atoms with Gasteiger partial charge in [-0.05, 0) is 24.7 Å². The lowest BCUT2D eigenvalue weighted by atomic mass is 9.96. The molecule has 0 aliphatic carbocycles. The molecule has 0 spiro atoms. The maximum Gasteiger partial charge on any atom is 0.261 e. The van der Waals surface area contributed by atoms with E-state index in [9.17, 15) is 4.79 Å². The maximum atomic E-state index is 12.1. The first kappa shape index (κ1) is 11.8. The fourth-order valence-electron chi connectivity index (χ4n) is 2.15. The summed E-state index contributed by atoms with van der Waals surface area (Å²) in [6, 6.07) is 0. The number of halogens is 1. The molecule has 90 valence electrons. The number of thioether (sulfide) groups is 2. The molecule has 3 aliphatic rings. The fraction of sp³-hybridized carbons (Fsp3) is 0.545. The van der Waals surface area contributed by atoms with Crippen molar-refractivity contribution in [1.29, 1.82) is 0 Å². The molecular formula is C11H11ClN2OS2. The molecule has 0 aromatic heterocycles. The maximum absolute atomic E-state index is 12.1. The number of hydrogen-bond donors (Lipinski definition) is 0. The fourth-order valence-corrected chi connectivity index (χ4v) is 4.72. The lowest BCUT2D eigenvalue weighted by Crippen LogP contribution is -2.28. The third-order valence-corrected chi connectivity index (χ3v) is 5.54. The van der Waals surface area contributed by atoms with Crippen LogP contribution in [0.2, 0.25) is 0 Å². The lowest BCUT2D eigenvalue weighted by Gasteiger charge is -2.18. The second kappa shape index (κ2) is 4.44. The minimum atomic E-state index is -0.306. The van der Waals surface area contributed by atoms with Gasteiger partial charge in [0.2, 0.25) is 0 Å². The number of carbonyl (C=O) groups excluding carboxylic acids is 1. The van der Waals surface area contributed by atoms with Gasteiger partial charge in [0.15, 0.2) is 5.84 Å². The van der Waals surface area contributed by atoms with Crippen molar-refractivity contribution in [2.75, 3.05) is 11.5 Å². The zero-order valence-electron chi connectivity index (χ0n) is 9.27. The van der Waals surface area contributed by atoms with Crippen LogP contribution in [0, 0.1) is 5.92 Å². The van der Waals surface area contributed by atoms with Crippen LogP contribution in [-0.4, -0.2) is 33.7 Å². The standard InChI is InChI=1S/C11H11ClN2OS2/c1-5(12)9-13-10(15)8-6-2-3-16-4-7(6)17-11(8)14-9/h5,8H,2-4H2,1H3. The Morgan fingerprint density at radius 3 is 3.06 bits per heavy atom. The second-order valence-electron chi connectivity index (χ2n) is 4.16. The summed E-state index contributed by atoms with van der Waals surface area (Å²) in [5.74, 6) is 2.30. The number of alkyl halides is 1. The highest BCUT2D eigenvalue weighted by Gasteiger charge is 2.41. The number of carbonyl (C=O) groups is 1. The Bertz CT molecular complexity index is 482. The summed E-state index contributed by atoms with van der Waals surface area (Å²) in [6.45, 7) is 1.79. The molecule has 3 nitrogen and oxygen atoms in total. The van der Waals surface area contributed by atoms with Crippen LogP contribution >= 0.6 is 35.1 Å². The number of aliphatic imine (C=N–C) groups is 2. The van der Waals surface area contributed by atoms with Crippen molar-refractivity contribution >= 4 is 51.9 Å². The smallest absolute Gasteiger partial charge is 0.261 e. The number of nitrogens with zero attached hydrogens (tertiary/aromatic N) is 2. The Balaban J connectivity index is 1.97.